The van der Waals surface area contributed by atoms with Crippen LogP contribution >= 0.6 is 0 Å². The second-order valence-corrected chi connectivity index (χ2v) is 7.45. The molecule has 2 aliphatic carbocycles. The maximum atomic E-state index is 12.9. The second kappa shape index (κ2) is 8.00. The number of hydrogen-bond donors (Lipinski definition) is 2. The number of halogens is 3. The van der Waals surface area contributed by atoms with Crippen LogP contribution in [0.4, 0.5) is 19.1 Å². The van der Waals surface area contributed by atoms with Gasteiger partial charge in [-0.15, -0.1) is 0 Å². The van der Waals surface area contributed by atoms with Gasteiger partial charge < -0.3 is 0 Å². The maximum absolute atomic E-state index is 12.9. The van der Waals surface area contributed by atoms with E-state index in [9.17, 15) is 28.0 Å². The smallest absolute Gasteiger partial charge is 0.286 e. The van der Waals surface area contributed by atoms with Gasteiger partial charge >= 0.3 is 6.18 Å². The van der Waals surface area contributed by atoms with Crippen LogP contribution < -0.4 is 10.9 Å². The highest BCUT2D eigenvalue weighted by molar-refractivity contribution is 5.92. The van der Waals surface area contributed by atoms with Gasteiger partial charge in [0.25, 0.3) is 0 Å². The molecule has 0 saturated heterocycles. The molecule has 8 nitrogen and oxygen atoms in total. The fourth-order valence-electron chi connectivity index (χ4n) is 4.54. The molecule has 3 N–H and O–H groups in total. The highest BCUT2D eigenvalue weighted by Gasteiger charge is 2.44. The van der Waals surface area contributed by atoms with Crippen molar-refractivity contribution in [3.8, 4) is 0 Å². The number of amides is 2. The fraction of sp³-hybridized carbons (Fsp3) is 0.647. The zero-order chi connectivity index (χ0) is 20.5. The number of hydrogen-bond acceptors (Lipinski definition) is 6. The number of nitrogens with zero attached hydrogens (tertiary/aromatic N) is 4. The number of hydrazine groups is 1. The van der Waals surface area contributed by atoms with Gasteiger partial charge in [0.2, 0.25) is 18.3 Å². The molecule has 28 heavy (non-hydrogen) atoms. The Bertz CT molecular complexity index is 712. The molecule has 3 rings (SSSR count). The third-order valence-corrected chi connectivity index (χ3v) is 5.85. The van der Waals surface area contributed by atoms with Crippen molar-refractivity contribution in [2.75, 3.05) is 11.6 Å². The first-order valence-electron chi connectivity index (χ1n) is 9.10. The van der Waals surface area contributed by atoms with Crippen LogP contribution in [0.25, 0.3) is 0 Å². The Hall–Kier alpha value is -2.27. The summed E-state index contributed by atoms with van der Waals surface area (Å²) >= 11 is 0. The zero-order valence-electron chi connectivity index (χ0n) is 15.0. The highest BCUT2D eigenvalue weighted by atomic mass is 19.4. The monoisotopic (exact) mass is 401 g/mol. The van der Waals surface area contributed by atoms with Crippen LogP contribution in [0.5, 0.6) is 0 Å². The van der Waals surface area contributed by atoms with Crippen LogP contribution in [-0.4, -0.2) is 39.1 Å². The Morgan fingerprint density at radius 2 is 1.93 bits per heavy atom. The topological polar surface area (TPSA) is 113 Å². The Morgan fingerprint density at radius 1 is 1.32 bits per heavy atom. The lowest BCUT2D eigenvalue weighted by Crippen LogP contribution is -2.46. The molecular formula is C17H22F3N5O3. The number of nitrogens with two attached hydrogens (primary N) is 1. The summed E-state index contributed by atoms with van der Waals surface area (Å²) in [6, 6.07) is 0.678. The molecule has 0 radical (unpaired) electrons. The molecule has 11 heteroatoms. The molecule has 0 unspecified atom stereocenters. The lowest BCUT2D eigenvalue weighted by Gasteiger charge is -2.27. The first kappa shape index (κ1) is 20.5. The van der Waals surface area contributed by atoms with Gasteiger partial charge in [0.15, 0.2) is 0 Å². The number of carbonyl (C=O) groups is 2. The third kappa shape index (κ3) is 4.25. The SMILES string of the molecule is NN(C(=O)[C@H](CC1C2CCC1CC2)CN(O)C=O)c1nccc(C(F)(F)F)n1. The summed E-state index contributed by atoms with van der Waals surface area (Å²) in [6.07, 6.45) is 1.05. The van der Waals surface area contributed by atoms with Crippen molar-refractivity contribution in [3.63, 3.8) is 0 Å². The lowest BCUT2D eigenvalue weighted by atomic mass is 9.86. The van der Waals surface area contributed by atoms with Crippen molar-refractivity contribution in [2.45, 2.75) is 38.3 Å². The van der Waals surface area contributed by atoms with Crippen LogP contribution in [0.2, 0.25) is 0 Å². The van der Waals surface area contributed by atoms with E-state index in [2.05, 4.69) is 9.97 Å². The molecule has 2 amide bonds. The summed E-state index contributed by atoms with van der Waals surface area (Å²) in [7, 11) is 0. The van der Waals surface area contributed by atoms with Gasteiger partial charge in [-0.25, -0.2) is 25.9 Å². The van der Waals surface area contributed by atoms with Crippen LogP contribution in [-0.2, 0) is 15.8 Å². The molecule has 1 aromatic heterocycles. The average Bonchev–Trinajstić information content (AvgIpc) is 3.24. The Labute approximate surface area is 159 Å². The van der Waals surface area contributed by atoms with E-state index in [1.807, 2.05) is 0 Å². The maximum Gasteiger partial charge on any atom is 0.433 e. The average molecular weight is 401 g/mol. The molecular weight excluding hydrogens is 379 g/mol. The molecule has 0 aliphatic heterocycles. The summed E-state index contributed by atoms with van der Waals surface area (Å²) in [6.45, 7) is -0.301. The second-order valence-electron chi connectivity index (χ2n) is 7.45. The van der Waals surface area contributed by atoms with Gasteiger partial charge in [-0.05, 0) is 55.9 Å². The van der Waals surface area contributed by atoms with Crippen LogP contribution in [0.15, 0.2) is 12.3 Å². The van der Waals surface area contributed by atoms with E-state index in [1.165, 1.54) is 0 Å². The molecule has 0 aromatic carbocycles. The number of alkyl halides is 3. The fourth-order valence-corrected chi connectivity index (χ4v) is 4.54. The number of anilines is 1. The van der Waals surface area contributed by atoms with Crippen LogP contribution in [0.1, 0.15) is 37.8 Å². The van der Waals surface area contributed by atoms with Gasteiger partial charge in [0.05, 0.1) is 12.5 Å². The predicted molar refractivity (Wildman–Crippen MR) is 90.3 cm³/mol. The van der Waals surface area contributed by atoms with E-state index in [0.717, 1.165) is 31.9 Å². The minimum atomic E-state index is -4.70. The van der Waals surface area contributed by atoms with E-state index >= 15 is 0 Å². The lowest BCUT2D eigenvalue weighted by molar-refractivity contribution is -0.154. The molecule has 1 atom stereocenters. The third-order valence-electron chi connectivity index (χ3n) is 5.85. The normalized spacial score (nSPS) is 24.8. The standard InChI is InChI=1S/C17H22F3N5O3/c18-17(19,20)14-5-6-22-16(23-14)25(21)15(27)12(8-24(28)9-26)7-13-10-1-2-11(13)4-3-10/h5-6,9-13,28H,1-4,7-8,21H2/t10?,11?,12-,13?/m1/s1. The van der Waals surface area contributed by atoms with E-state index in [-0.39, 0.29) is 18.9 Å². The summed E-state index contributed by atoms with van der Waals surface area (Å²) < 4.78 is 38.6. The molecule has 0 spiro atoms. The van der Waals surface area contributed by atoms with Crippen molar-refractivity contribution in [1.82, 2.24) is 15.0 Å². The van der Waals surface area contributed by atoms with E-state index in [1.54, 1.807) is 0 Å². The minimum Gasteiger partial charge on any atom is -0.286 e. The molecule has 2 fully saturated rings. The first-order chi connectivity index (χ1) is 13.2. The molecule has 2 aliphatic rings. The summed E-state index contributed by atoms with van der Waals surface area (Å²) in [5, 5.41) is 10.4. The molecule has 1 aromatic rings. The van der Waals surface area contributed by atoms with Gasteiger partial charge in [-0.2, -0.15) is 13.2 Å². The van der Waals surface area contributed by atoms with E-state index < -0.39 is 29.6 Å². The van der Waals surface area contributed by atoms with Crippen molar-refractivity contribution in [2.24, 2.45) is 29.5 Å². The van der Waals surface area contributed by atoms with Crippen molar-refractivity contribution in [3.05, 3.63) is 18.0 Å². The predicted octanol–water partition coefficient (Wildman–Crippen LogP) is 1.99. The van der Waals surface area contributed by atoms with Gasteiger partial charge in [0.1, 0.15) is 5.69 Å². The van der Waals surface area contributed by atoms with Crippen molar-refractivity contribution < 1.29 is 28.0 Å². The quantitative estimate of drug-likeness (QED) is 0.238. The number of aromatic nitrogens is 2. The minimum absolute atomic E-state index is 0.172. The molecule has 154 valence electrons. The summed E-state index contributed by atoms with van der Waals surface area (Å²) in [5.74, 6) is 4.77. The molecule has 1 heterocycles. The summed E-state index contributed by atoms with van der Waals surface area (Å²) in [4.78, 5) is 30.6. The van der Waals surface area contributed by atoms with Crippen LogP contribution in [0, 0.1) is 23.7 Å². The Morgan fingerprint density at radius 3 is 2.46 bits per heavy atom. The van der Waals surface area contributed by atoms with E-state index in [4.69, 9.17) is 5.84 Å². The Balaban J connectivity index is 1.79. The highest BCUT2D eigenvalue weighted by Crippen LogP contribution is 2.51. The van der Waals surface area contributed by atoms with Gasteiger partial charge in [0, 0.05) is 6.20 Å². The van der Waals surface area contributed by atoms with E-state index in [0.29, 0.717) is 34.4 Å². The number of fused-ring (bicyclic) bond motifs is 2. The number of carbonyl (C=O) groups excluding carboxylic acids is 2. The van der Waals surface area contributed by atoms with Crippen LogP contribution in [0.3, 0.4) is 0 Å². The summed E-state index contributed by atoms with van der Waals surface area (Å²) in [5.41, 5.74) is -1.22. The van der Waals surface area contributed by atoms with Gasteiger partial charge in [-0.1, -0.05) is 0 Å². The number of hydroxylamine groups is 2. The molecule has 2 bridgehead atoms. The first-order valence-corrected chi connectivity index (χ1v) is 9.10. The largest absolute Gasteiger partial charge is 0.433 e. The van der Waals surface area contributed by atoms with Crippen molar-refractivity contribution in [1.29, 1.82) is 0 Å². The number of rotatable bonds is 7. The zero-order valence-corrected chi connectivity index (χ0v) is 15.0. The van der Waals surface area contributed by atoms with Crippen molar-refractivity contribution >= 4 is 18.3 Å². The molecule has 2 saturated carbocycles. The van der Waals surface area contributed by atoms with Gasteiger partial charge in [-0.3, -0.25) is 14.8 Å². The Kier molecular flexibility index (Phi) is 5.84.